The smallest absolute Gasteiger partial charge is 0.148 e. The lowest BCUT2D eigenvalue weighted by atomic mass is 10.1. The molecule has 0 radical (unpaired) electrons. The zero-order chi connectivity index (χ0) is 12.1. The van der Waals surface area contributed by atoms with Crippen molar-refractivity contribution < 1.29 is 0 Å². The average Bonchev–Trinajstić information content (AvgIpc) is 2.38. The van der Waals surface area contributed by atoms with Gasteiger partial charge >= 0.3 is 0 Å². The van der Waals surface area contributed by atoms with Gasteiger partial charge in [0.25, 0.3) is 0 Å². The van der Waals surface area contributed by atoms with E-state index in [2.05, 4.69) is 21.4 Å². The van der Waals surface area contributed by atoms with Crippen molar-refractivity contribution in [1.29, 1.82) is 0 Å². The predicted octanol–water partition coefficient (Wildman–Crippen LogP) is 3.48. The van der Waals surface area contributed by atoms with Gasteiger partial charge in [-0.1, -0.05) is 35.9 Å². The van der Waals surface area contributed by atoms with Gasteiger partial charge in [-0.25, -0.2) is 9.97 Å². The fourth-order valence-corrected chi connectivity index (χ4v) is 1.79. The summed E-state index contributed by atoms with van der Waals surface area (Å²) in [6.07, 6.45) is 3.02. The molecule has 1 N–H and O–H groups in total. The topological polar surface area (TPSA) is 37.8 Å². The highest BCUT2D eigenvalue weighted by molar-refractivity contribution is 6.32. The van der Waals surface area contributed by atoms with E-state index >= 15 is 0 Å². The normalized spacial score (nSPS) is 10.2. The molecule has 0 atom stereocenters. The Bertz CT molecular complexity index is 503. The number of hydrogen-bond donors (Lipinski definition) is 1. The van der Waals surface area contributed by atoms with Gasteiger partial charge in [0.1, 0.15) is 17.2 Å². The van der Waals surface area contributed by atoms with E-state index in [1.807, 2.05) is 18.2 Å². The Kier molecular flexibility index (Phi) is 4.18. The second-order valence-electron chi connectivity index (χ2n) is 3.53. The highest BCUT2D eigenvalue weighted by Crippen LogP contribution is 2.17. The van der Waals surface area contributed by atoms with Crippen molar-refractivity contribution in [3.05, 3.63) is 52.9 Å². The van der Waals surface area contributed by atoms with E-state index in [-0.39, 0.29) is 0 Å². The molecule has 1 aromatic heterocycles. The molecule has 0 amide bonds. The van der Waals surface area contributed by atoms with Crippen molar-refractivity contribution >= 4 is 29.0 Å². The summed E-state index contributed by atoms with van der Waals surface area (Å²) in [6.45, 7) is 0.654. The molecule has 0 bridgehead atoms. The molecule has 2 aromatic rings. The highest BCUT2D eigenvalue weighted by atomic mass is 35.5. The number of anilines is 1. The van der Waals surface area contributed by atoms with Crippen LogP contribution in [0.1, 0.15) is 11.1 Å². The van der Waals surface area contributed by atoms with Crippen molar-refractivity contribution in [3.63, 3.8) is 0 Å². The molecule has 2 rings (SSSR count). The molecule has 3 nitrogen and oxygen atoms in total. The second kappa shape index (κ2) is 5.84. The van der Waals surface area contributed by atoms with E-state index in [1.165, 1.54) is 6.33 Å². The number of halogens is 2. The maximum Gasteiger partial charge on any atom is 0.148 e. The molecule has 0 aliphatic heterocycles. The molecule has 1 aromatic carbocycles. The third-order valence-electron chi connectivity index (χ3n) is 2.27. The monoisotopic (exact) mass is 267 g/mol. The highest BCUT2D eigenvalue weighted by Gasteiger charge is 2.01. The lowest BCUT2D eigenvalue weighted by Gasteiger charge is -2.07. The van der Waals surface area contributed by atoms with E-state index in [1.54, 1.807) is 6.20 Å². The van der Waals surface area contributed by atoms with Gasteiger partial charge in [0.15, 0.2) is 0 Å². The van der Waals surface area contributed by atoms with Gasteiger partial charge in [0.2, 0.25) is 0 Å². The zero-order valence-electron chi connectivity index (χ0n) is 9.03. The fraction of sp³-hybridized carbons (Fsp3) is 0.167. The second-order valence-corrected chi connectivity index (χ2v) is 4.20. The summed E-state index contributed by atoms with van der Waals surface area (Å²) in [5.74, 6) is 1.15. The first-order chi connectivity index (χ1) is 8.29. The number of nitrogens with zero attached hydrogens (tertiary/aromatic N) is 2. The van der Waals surface area contributed by atoms with E-state index in [4.69, 9.17) is 23.2 Å². The SMILES string of the molecule is ClCc1cccc(CNc2ncncc2Cl)c1. The summed E-state index contributed by atoms with van der Waals surface area (Å²) in [5, 5.41) is 3.67. The molecule has 5 heteroatoms. The Labute approximate surface area is 110 Å². The van der Waals surface area contributed by atoms with Gasteiger partial charge < -0.3 is 5.32 Å². The van der Waals surface area contributed by atoms with Crippen LogP contribution in [0.2, 0.25) is 5.02 Å². The molecular formula is C12H11Cl2N3. The van der Waals surface area contributed by atoms with Crippen LogP contribution in [0.3, 0.4) is 0 Å². The van der Waals surface area contributed by atoms with Gasteiger partial charge in [-0.3, -0.25) is 0 Å². The van der Waals surface area contributed by atoms with E-state index in [9.17, 15) is 0 Å². The largest absolute Gasteiger partial charge is 0.365 e. The van der Waals surface area contributed by atoms with Crippen LogP contribution in [0.4, 0.5) is 5.82 Å². The minimum atomic E-state index is 0.515. The van der Waals surface area contributed by atoms with Gasteiger partial charge in [0.05, 0.1) is 6.20 Å². The number of aromatic nitrogens is 2. The summed E-state index contributed by atoms with van der Waals surface area (Å²) in [6, 6.07) is 8.05. The van der Waals surface area contributed by atoms with E-state index in [0.717, 1.165) is 11.1 Å². The van der Waals surface area contributed by atoms with Crippen molar-refractivity contribution in [1.82, 2.24) is 9.97 Å². The van der Waals surface area contributed by atoms with Gasteiger partial charge in [-0.05, 0) is 11.1 Å². The van der Waals surface area contributed by atoms with Crippen LogP contribution in [-0.2, 0) is 12.4 Å². The number of hydrogen-bond acceptors (Lipinski definition) is 3. The Balaban J connectivity index is 2.05. The number of benzene rings is 1. The maximum atomic E-state index is 5.94. The molecule has 0 fully saturated rings. The van der Waals surface area contributed by atoms with Gasteiger partial charge in [-0.2, -0.15) is 0 Å². The number of alkyl halides is 1. The quantitative estimate of drug-likeness (QED) is 0.862. The number of nitrogens with one attached hydrogen (secondary N) is 1. The summed E-state index contributed by atoms with van der Waals surface area (Å²) in [4.78, 5) is 7.88. The first-order valence-electron chi connectivity index (χ1n) is 5.13. The summed E-state index contributed by atoms with van der Waals surface area (Å²) in [7, 11) is 0. The van der Waals surface area contributed by atoms with Crippen LogP contribution < -0.4 is 5.32 Å². The Hall–Kier alpha value is -1.32. The third kappa shape index (κ3) is 3.32. The molecule has 0 spiro atoms. The van der Waals surface area contributed by atoms with Crippen molar-refractivity contribution in [2.24, 2.45) is 0 Å². The number of rotatable bonds is 4. The summed E-state index contributed by atoms with van der Waals surface area (Å²) < 4.78 is 0. The fourth-order valence-electron chi connectivity index (χ4n) is 1.45. The van der Waals surface area contributed by atoms with Crippen LogP contribution in [-0.4, -0.2) is 9.97 Å². The Morgan fingerprint density at radius 2 is 2.06 bits per heavy atom. The molecule has 88 valence electrons. The van der Waals surface area contributed by atoms with Crippen LogP contribution >= 0.6 is 23.2 Å². The molecule has 0 aliphatic rings. The molecule has 1 heterocycles. The summed E-state index contributed by atoms with van der Waals surface area (Å²) >= 11 is 11.7. The third-order valence-corrected chi connectivity index (χ3v) is 2.86. The summed E-state index contributed by atoms with van der Waals surface area (Å²) in [5.41, 5.74) is 2.23. The maximum absolute atomic E-state index is 5.94. The Morgan fingerprint density at radius 1 is 1.24 bits per heavy atom. The van der Waals surface area contributed by atoms with Crippen LogP contribution in [0, 0.1) is 0 Å². The minimum absolute atomic E-state index is 0.515. The lowest BCUT2D eigenvalue weighted by molar-refractivity contribution is 1.08. The van der Waals surface area contributed by atoms with E-state index < -0.39 is 0 Å². The molecule has 0 aliphatic carbocycles. The van der Waals surface area contributed by atoms with Crippen LogP contribution in [0.25, 0.3) is 0 Å². The molecule has 0 saturated carbocycles. The van der Waals surface area contributed by atoms with Crippen molar-refractivity contribution in [2.75, 3.05) is 5.32 Å². The van der Waals surface area contributed by atoms with E-state index in [0.29, 0.717) is 23.3 Å². The average molecular weight is 268 g/mol. The first-order valence-corrected chi connectivity index (χ1v) is 6.04. The molecule has 0 unspecified atom stereocenters. The molecular weight excluding hydrogens is 257 g/mol. The standard InChI is InChI=1S/C12H11Cl2N3/c13-5-9-2-1-3-10(4-9)6-16-12-11(14)7-15-8-17-12/h1-4,7-8H,5-6H2,(H,15,16,17). The lowest BCUT2D eigenvalue weighted by Crippen LogP contribution is -2.02. The van der Waals surface area contributed by atoms with Gasteiger partial charge in [0, 0.05) is 12.4 Å². The zero-order valence-corrected chi connectivity index (χ0v) is 10.5. The Morgan fingerprint density at radius 3 is 2.82 bits per heavy atom. The molecule has 0 saturated heterocycles. The van der Waals surface area contributed by atoms with Crippen molar-refractivity contribution in [2.45, 2.75) is 12.4 Å². The van der Waals surface area contributed by atoms with Crippen LogP contribution in [0.5, 0.6) is 0 Å². The van der Waals surface area contributed by atoms with Crippen molar-refractivity contribution in [3.8, 4) is 0 Å². The molecule has 17 heavy (non-hydrogen) atoms. The first kappa shape index (κ1) is 12.1. The minimum Gasteiger partial charge on any atom is -0.365 e. The predicted molar refractivity (Wildman–Crippen MR) is 70.4 cm³/mol. The van der Waals surface area contributed by atoms with Gasteiger partial charge in [-0.15, -0.1) is 11.6 Å². The van der Waals surface area contributed by atoms with Crippen LogP contribution in [0.15, 0.2) is 36.8 Å².